The zero-order valence-corrected chi connectivity index (χ0v) is 11.1. The highest BCUT2D eigenvalue weighted by Crippen LogP contribution is 2.25. The van der Waals surface area contributed by atoms with Gasteiger partial charge >= 0.3 is 0 Å². The number of hydrogen-bond donors (Lipinski definition) is 0. The highest BCUT2D eigenvalue weighted by molar-refractivity contribution is 7.17. The van der Waals surface area contributed by atoms with Crippen LogP contribution in [-0.2, 0) is 0 Å². The minimum absolute atomic E-state index is 0.0109. The Bertz CT molecular complexity index is 407. The quantitative estimate of drug-likeness (QED) is 0.593. The number of ketones is 1. The molecule has 0 radical (unpaired) electrons. The number of allylic oxidation sites excluding steroid dienone is 1. The van der Waals surface area contributed by atoms with Gasteiger partial charge in [-0.1, -0.05) is 11.3 Å². The second-order valence-electron chi connectivity index (χ2n) is 3.95. The van der Waals surface area contributed by atoms with Gasteiger partial charge in [-0.05, 0) is 6.92 Å². The molecular weight excluding hydrogens is 222 g/mol. The monoisotopic (exact) mass is 239 g/mol. The van der Waals surface area contributed by atoms with Gasteiger partial charge in [0.05, 0.1) is 10.6 Å². The number of hydrogen-bond acceptors (Lipinski definition) is 5. The third kappa shape index (κ3) is 3.06. The van der Waals surface area contributed by atoms with E-state index >= 15 is 0 Å². The fraction of sp³-hybridized carbons (Fsp3) is 0.455. The largest absolute Gasteiger partial charge is 0.383 e. The Morgan fingerprint density at radius 2 is 1.94 bits per heavy atom. The van der Waals surface area contributed by atoms with Crippen LogP contribution >= 0.6 is 11.3 Å². The smallest absolute Gasteiger partial charge is 0.199 e. The van der Waals surface area contributed by atoms with Gasteiger partial charge in [-0.15, -0.1) is 0 Å². The van der Waals surface area contributed by atoms with Crippen LogP contribution in [0.4, 0.5) is 5.13 Å². The Morgan fingerprint density at radius 1 is 1.31 bits per heavy atom. The van der Waals surface area contributed by atoms with Crippen molar-refractivity contribution in [2.75, 3.05) is 33.1 Å². The second-order valence-corrected chi connectivity index (χ2v) is 4.93. The van der Waals surface area contributed by atoms with Crippen molar-refractivity contribution in [1.29, 1.82) is 0 Å². The molecule has 16 heavy (non-hydrogen) atoms. The topological polar surface area (TPSA) is 36.4 Å². The average molecular weight is 239 g/mol. The summed E-state index contributed by atoms with van der Waals surface area (Å²) in [6.45, 7) is 1.86. The molecule has 4 nitrogen and oxygen atoms in total. The molecule has 0 saturated heterocycles. The molecule has 1 aromatic rings. The maximum Gasteiger partial charge on any atom is 0.199 e. The molecule has 0 aliphatic heterocycles. The van der Waals surface area contributed by atoms with Crippen molar-refractivity contribution in [3.05, 3.63) is 22.8 Å². The zero-order chi connectivity index (χ0) is 12.3. The van der Waals surface area contributed by atoms with Gasteiger partial charge in [0.25, 0.3) is 0 Å². The molecule has 1 rings (SSSR count). The van der Waals surface area contributed by atoms with Crippen LogP contribution in [0.25, 0.3) is 0 Å². The summed E-state index contributed by atoms with van der Waals surface area (Å²) >= 11 is 1.42. The lowest BCUT2D eigenvalue weighted by molar-refractivity contribution is 0.104. The SMILES string of the molecule is Cc1nc(N(C)C)sc1C(=O)C=CN(C)C. The molecule has 0 spiro atoms. The van der Waals surface area contributed by atoms with E-state index in [0.29, 0.717) is 4.88 Å². The van der Waals surface area contributed by atoms with Crippen LogP contribution in [-0.4, -0.2) is 43.9 Å². The highest BCUT2D eigenvalue weighted by atomic mass is 32.1. The van der Waals surface area contributed by atoms with E-state index in [9.17, 15) is 4.79 Å². The molecule has 88 valence electrons. The average Bonchev–Trinajstić information content (AvgIpc) is 2.57. The van der Waals surface area contributed by atoms with Crippen LogP contribution in [0.15, 0.2) is 12.3 Å². The van der Waals surface area contributed by atoms with E-state index in [1.165, 1.54) is 11.3 Å². The molecule has 0 fully saturated rings. The number of aryl methyl sites for hydroxylation is 1. The molecule has 0 atom stereocenters. The fourth-order valence-corrected chi connectivity index (χ4v) is 2.00. The summed E-state index contributed by atoms with van der Waals surface area (Å²) in [6.07, 6.45) is 3.32. The molecule has 1 heterocycles. The summed E-state index contributed by atoms with van der Waals surface area (Å²) in [6, 6.07) is 0. The van der Waals surface area contributed by atoms with E-state index in [1.54, 1.807) is 12.3 Å². The predicted octanol–water partition coefficient (Wildman–Crippen LogP) is 1.78. The van der Waals surface area contributed by atoms with Crippen molar-refractivity contribution in [3.8, 4) is 0 Å². The van der Waals surface area contributed by atoms with Gasteiger partial charge in [-0.2, -0.15) is 0 Å². The van der Waals surface area contributed by atoms with E-state index in [2.05, 4.69) is 4.98 Å². The van der Waals surface area contributed by atoms with Crippen LogP contribution in [0.3, 0.4) is 0 Å². The van der Waals surface area contributed by atoms with E-state index < -0.39 is 0 Å². The Morgan fingerprint density at radius 3 is 2.38 bits per heavy atom. The molecule has 0 aromatic carbocycles. The van der Waals surface area contributed by atoms with Crippen LogP contribution in [0, 0.1) is 6.92 Å². The van der Waals surface area contributed by atoms with Crippen LogP contribution in [0.2, 0.25) is 0 Å². The normalized spacial score (nSPS) is 10.8. The van der Waals surface area contributed by atoms with Crippen LogP contribution in [0.1, 0.15) is 15.4 Å². The second kappa shape index (κ2) is 5.12. The van der Waals surface area contributed by atoms with Crippen molar-refractivity contribution < 1.29 is 4.79 Å². The first-order chi connectivity index (χ1) is 7.41. The fourth-order valence-electron chi connectivity index (χ4n) is 1.09. The molecule has 0 amide bonds. The molecular formula is C11H17N3OS. The van der Waals surface area contributed by atoms with Gasteiger partial charge in [-0.3, -0.25) is 4.79 Å². The molecule has 0 N–H and O–H groups in total. The van der Waals surface area contributed by atoms with Gasteiger partial charge in [0.15, 0.2) is 10.9 Å². The van der Waals surface area contributed by atoms with Gasteiger partial charge < -0.3 is 9.80 Å². The summed E-state index contributed by atoms with van der Waals surface area (Å²) in [5.41, 5.74) is 0.794. The number of rotatable bonds is 4. The molecule has 0 bridgehead atoms. The van der Waals surface area contributed by atoms with Gasteiger partial charge in [0.2, 0.25) is 0 Å². The lowest BCUT2D eigenvalue weighted by Gasteiger charge is -2.05. The first-order valence-corrected chi connectivity index (χ1v) is 5.77. The Hall–Kier alpha value is -1.36. The van der Waals surface area contributed by atoms with E-state index in [4.69, 9.17) is 0 Å². The number of thiazole rings is 1. The highest BCUT2D eigenvalue weighted by Gasteiger charge is 2.13. The number of carbonyl (C=O) groups is 1. The minimum Gasteiger partial charge on any atom is -0.383 e. The summed E-state index contributed by atoms with van der Waals surface area (Å²) in [5.74, 6) is 0.0109. The van der Waals surface area contributed by atoms with Crippen molar-refractivity contribution in [1.82, 2.24) is 9.88 Å². The first-order valence-electron chi connectivity index (χ1n) is 4.95. The number of anilines is 1. The maximum atomic E-state index is 11.8. The van der Waals surface area contributed by atoms with Crippen LogP contribution in [0.5, 0.6) is 0 Å². The van der Waals surface area contributed by atoms with Crippen molar-refractivity contribution in [3.63, 3.8) is 0 Å². The van der Waals surface area contributed by atoms with Gasteiger partial charge in [0.1, 0.15) is 0 Å². The lowest BCUT2D eigenvalue weighted by Crippen LogP contribution is -2.07. The zero-order valence-electron chi connectivity index (χ0n) is 10.3. The summed E-state index contributed by atoms with van der Waals surface area (Å²) in [4.78, 5) is 20.6. The summed E-state index contributed by atoms with van der Waals surface area (Å²) in [5, 5.41) is 0.860. The Labute approximate surface area is 100 Å². The third-order valence-electron chi connectivity index (χ3n) is 1.92. The standard InChI is InChI=1S/C11H17N3OS/c1-8-10(9(15)6-7-13(2)3)16-11(12-8)14(4)5/h6-7H,1-5H3. The summed E-state index contributed by atoms with van der Waals surface area (Å²) in [7, 11) is 7.60. The van der Waals surface area contributed by atoms with Gasteiger partial charge in [0, 0.05) is 40.5 Å². The van der Waals surface area contributed by atoms with Crippen molar-refractivity contribution in [2.24, 2.45) is 0 Å². The number of nitrogens with zero attached hydrogens (tertiary/aromatic N) is 3. The molecule has 0 saturated carbocycles. The predicted molar refractivity (Wildman–Crippen MR) is 68.3 cm³/mol. The Kier molecular flexibility index (Phi) is 4.06. The maximum absolute atomic E-state index is 11.8. The lowest BCUT2D eigenvalue weighted by atomic mass is 10.3. The number of aromatic nitrogens is 1. The van der Waals surface area contributed by atoms with E-state index in [0.717, 1.165) is 10.8 Å². The minimum atomic E-state index is 0.0109. The summed E-state index contributed by atoms with van der Waals surface area (Å²) < 4.78 is 0. The molecule has 1 aromatic heterocycles. The number of carbonyl (C=O) groups excluding carboxylic acids is 1. The van der Waals surface area contributed by atoms with Crippen LogP contribution < -0.4 is 4.90 Å². The molecule has 0 aliphatic carbocycles. The van der Waals surface area contributed by atoms with Crippen molar-refractivity contribution >= 4 is 22.3 Å². The molecule has 5 heteroatoms. The van der Waals surface area contributed by atoms with Gasteiger partial charge in [-0.25, -0.2) is 4.98 Å². The van der Waals surface area contributed by atoms with E-state index in [-0.39, 0.29) is 5.78 Å². The van der Waals surface area contributed by atoms with E-state index in [1.807, 2.05) is 44.9 Å². The van der Waals surface area contributed by atoms with Crippen molar-refractivity contribution in [2.45, 2.75) is 6.92 Å². The third-order valence-corrected chi connectivity index (χ3v) is 3.26. The molecule has 0 unspecified atom stereocenters. The molecule has 0 aliphatic rings. The first kappa shape index (κ1) is 12.7. The Balaban J connectivity index is 2.92.